The number of carboxylic acids is 3. The van der Waals surface area contributed by atoms with Crippen LogP contribution in [0.15, 0.2) is 12.7 Å². The fourth-order valence-corrected chi connectivity index (χ4v) is 5.75. The molecule has 2 N–H and O–H groups in total. The van der Waals surface area contributed by atoms with Crippen molar-refractivity contribution in [3.05, 3.63) is 12.7 Å². The third-order valence-corrected chi connectivity index (χ3v) is 8.10. The van der Waals surface area contributed by atoms with Crippen molar-refractivity contribution in [2.45, 2.75) is 154 Å². The number of carbonyl (C=O) groups is 3. The summed E-state index contributed by atoms with van der Waals surface area (Å²) >= 11 is 0. The van der Waals surface area contributed by atoms with Crippen molar-refractivity contribution in [3.8, 4) is 0 Å². The molecule has 234 valence electrons. The number of nitrogens with zero attached hydrogens (tertiary/aromatic N) is 1. The van der Waals surface area contributed by atoms with Crippen molar-refractivity contribution in [1.29, 1.82) is 0 Å². The molecule has 0 rings (SSSR count). The van der Waals surface area contributed by atoms with Crippen molar-refractivity contribution < 1.29 is 34.2 Å². The van der Waals surface area contributed by atoms with E-state index in [2.05, 4.69) is 6.58 Å². The summed E-state index contributed by atoms with van der Waals surface area (Å²) in [7, 11) is 0. The lowest BCUT2D eigenvalue weighted by Gasteiger charge is -2.39. The Kier molecular flexibility index (Phi) is 26.0. The quantitative estimate of drug-likeness (QED) is 0.0502. The van der Waals surface area contributed by atoms with Gasteiger partial charge in [-0.05, 0) is 32.1 Å². The summed E-state index contributed by atoms with van der Waals surface area (Å²) in [5.74, 6) is -2.74. The van der Waals surface area contributed by atoms with Crippen LogP contribution in [0.5, 0.6) is 0 Å². The van der Waals surface area contributed by atoms with Crippen LogP contribution >= 0.6 is 0 Å². The largest absolute Gasteiger partial charge is 0.550 e. The number of allylic oxidation sites excluding steroid dienone is 1. The Labute approximate surface area is 245 Å². The number of rotatable bonds is 32. The maximum atomic E-state index is 11.1. The van der Waals surface area contributed by atoms with Crippen molar-refractivity contribution in [2.24, 2.45) is 0 Å². The Morgan fingerprint density at radius 1 is 0.500 bits per heavy atom. The minimum Gasteiger partial charge on any atom is -0.550 e. The van der Waals surface area contributed by atoms with E-state index < -0.39 is 17.9 Å². The average Bonchev–Trinajstić information content (AvgIpc) is 2.89. The van der Waals surface area contributed by atoms with E-state index in [1.807, 2.05) is 6.08 Å². The van der Waals surface area contributed by atoms with E-state index in [9.17, 15) is 19.5 Å². The van der Waals surface area contributed by atoms with E-state index in [0.29, 0.717) is 43.4 Å². The molecule has 0 aliphatic heterocycles. The van der Waals surface area contributed by atoms with Gasteiger partial charge in [-0.15, -0.1) is 6.58 Å². The molecule has 0 bridgehead atoms. The molecule has 7 nitrogen and oxygen atoms in total. The average molecular weight is 568 g/mol. The Balaban J connectivity index is 4.08. The minimum atomic E-state index is -1.07. The number of aliphatic carboxylic acids is 3. The third-order valence-electron chi connectivity index (χ3n) is 8.10. The van der Waals surface area contributed by atoms with Crippen molar-refractivity contribution >= 4 is 17.9 Å². The van der Waals surface area contributed by atoms with Gasteiger partial charge in [-0.25, -0.2) is 0 Å². The van der Waals surface area contributed by atoms with Gasteiger partial charge in [-0.3, -0.25) is 9.59 Å². The van der Waals surface area contributed by atoms with E-state index in [-0.39, 0.29) is 19.3 Å². The fourth-order valence-electron chi connectivity index (χ4n) is 5.75. The van der Waals surface area contributed by atoms with Gasteiger partial charge in [0.15, 0.2) is 0 Å². The Morgan fingerprint density at radius 3 is 1.12 bits per heavy atom. The first-order valence-electron chi connectivity index (χ1n) is 16.4. The van der Waals surface area contributed by atoms with Crippen LogP contribution < -0.4 is 5.11 Å². The molecule has 0 saturated heterocycles. The molecular formula is C33H61NO6. The molecule has 0 aliphatic rings. The highest BCUT2D eigenvalue weighted by Crippen LogP contribution is 2.19. The van der Waals surface area contributed by atoms with Crippen molar-refractivity contribution in [3.63, 3.8) is 0 Å². The molecular weight excluding hydrogens is 506 g/mol. The van der Waals surface area contributed by atoms with Gasteiger partial charge in [0.25, 0.3) is 0 Å². The number of carboxylic acid groups (broad SMARTS) is 3. The predicted molar refractivity (Wildman–Crippen MR) is 161 cm³/mol. The minimum absolute atomic E-state index is 0.0193. The second-order valence-electron chi connectivity index (χ2n) is 11.8. The number of unbranched alkanes of at least 4 members (excludes halogenated alkanes) is 17. The molecule has 0 aromatic rings. The summed E-state index contributed by atoms with van der Waals surface area (Å²) in [5.41, 5.74) is 0. The van der Waals surface area contributed by atoms with Gasteiger partial charge in [0, 0.05) is 25.2 Å². The van der Waals surface area contributed by atoms with Gasteiger partial charge in [0.1, 0.15) is 0 Å². The van der Waals surface area contributed by atoms with Crippen molar-refractivity contribution in [1.82, 2.24) is 0 Å². The summed E-state index contributed by atoms with van der Waals surface area (Å²) in [4.78, 5) is 33.1. The van der Waals surface area contributed by atoms with Crippen LogP contribution in [-0.2, 0) is 14.4 Å². The normalized spacial score (nSPS) is 11.5. The highest BCUT2D eigenvalue weighted by atomic mass is 16.4. The van der Waals surface area contributed by atoms with Crippen LogP contribution in [0.4, 0.5) is 0 Å². The second kappa shape index (κ2) is 27.3. The number of hydrogen-bond acceptors (Lipinski definition) is 4. The Hall–Kier alpha value is -1.89. The highest BCUT2D eigenvalue weighted by Gasteiger charge is 2.26. The Morgan fingerprint density at radius 2 is 0.800 bits per heavy atom. The lowest BCUT2D eigenvalue weighted by Crippen LogP contribution is -2.51. The zero-order valence-corrected chi connectivity index (χ0v) is 25.6. The molecule has 0 spiro atoms. The van der Waals surface area contributed by atoms with E-state index in [1.165, 1.54) is 96.3 Å². The maximum Gasteiger partial charge on any atom is 0.303 e. The molecule has 0 aromatic heterocycles. The highest BCUT2D eigenvalue weighted by molar-refractivity contribution is 5.66. The third kappa shape index (κ3) is 26.3. The van der Waals surface area contributed by atoms with E-state index in [4.69, 9.17) is 10.2 Å². The molecule has 0 atom stereocenters. The Bertz CT molecular complexity index is 601. The smallest absolute Gasteiger partial charge is 0.303 e. The lowest BCUT2D eigenvalue weighted by molar-refractivity contribution is -0.929. The molecule has 0 saturated carbocycles. The summed E-state index contributed by atoms with van der Waals surface area (Å²) in [6.07, 6.45) is 26.9. The van der Waals surface area contributed by atoms with Crippen LogP contribution in [0.25, 0.3) is 0 Å². The topological polar surface area (TPSA) is 115 Å². The number of carbonyl (C=O) groups excluding carboxylic acids is 1. The van der Waals surface area contributed by atoms with Gasteiger partial charge >= 0.3 is 11.9 Å². The lowest BCUT2D eigenvalue weighted by atomic mass is 10.0. The van der Waals surface area contributed by atoms with E-state index in [1.54, 1.807) is 0 Å². The van der Waals surface area contributed by atoms with Crippen LogP contribution in [-0.4, -0.2) is 58.8 Å². The SMILES string of the molecule is C=CCCCCCCCCCCCCCCCCCCC[N+](CCCC(=O)[O-])(CCCC(=O)O)CCCC(=O)O. The molecule has 7 heteroatoms. The number of hydrogen-bond donors (Lipinski definition) is 2. The van der Waals surface area contributed by atoms with Crippen LogP contribution in [0.3, 0.4) is 0 Å². The summed E-state index contributed by atoms with van der Waals surface area (Å²) in [5, 5.41) is 29.1. The summed E-state index contributed by atoms with van der Waals surface area (Å²) in [6, 6.07) is 0. The van der Waals surface area contributed by atoms with Crippen molar-refractivity contribution in [2.75, 3.05) is 26.2 Å². The van der Waals surface area contributed by atoms with Gasteiger partial charge in [-0.1, -0.05) is 96.0 Å². The summed E-state index contributed by atoms with van der Waals surface area (Å²) in [6.45, 7) is 6.55. The zero-order valence-electron chi connectivity index (χ0n) is 25.6. The van der Waals surface area contributed by atoms with Crippen LogP contribution in [0, 0.1) is 0 Å². The second-order valence-corrected chi connectivity index (χ2v) is 11.8. The monoisotopic (exact) mass is 567 g/mol. The predicted octanol–water partition coefficient (Wildman–Crippen LogP) is 7.27. The maximum absolute atomic E-state index is 11.1. The molecule has 0 heterocycles. The van der Waals surface area contributed by atoms with E-state index in [0.717, 1.165) is 25.8 Å². The first-order valence-corrected chi connectivity index (χ1v) is 16.4. The first kappa shape index (κ1) is 38.1. The fraction of sp³-hybridized carbons (Fsp3) is 0.848. The first-order chi connectivity index (χ1) is 19.3. The molecule has 0 aliphatic carbocycles. The molecule has 0 radical (unpaired) electrons. The molecule has 0 fully saturated rings. The molecule has 0 amide bonds. The summed E-state index contributed by atoms with van der Waals surface area (Å²) < 4.78 is 0.615. The van der Waals surface area contributed by atoms with E-state index >= 15 is 0 Å². The van der Waals surface area contributed by atoms with Crippen LogP contribution in [0.2, 0.25) is 0 Å². The van der Waals surface area contributed by atoms with Crippen LogP contribution in [0.1, 0.15) is 154 Å². The molecule has 40 heavy (non-hydrogen) atoms. The standard InChI is InChI=1S/C33H61NO6/c1-2-3-4-5-6-7-8-9-10-11-12-13-14-15-16-17-18-19-20-27-34(28-21-24-31(35)36,29-22-25-32(37)38)30-23-26-33(39)40/h2H,1,3-30H2,(H2-,35,36,37,38,39,40). The number of quaternary nitrogens is 1. The zero-order chi connectivity index (χ0) is 29.7. The van der Waals surface area contributed by atoms with Gasteiger partial charge in [0.2, 0.25) is 0 Å². The molecule has 0 unspecified atom stereocenters. The van der Waals surface area contributed by atoms with Gasteiger partial charge in [-0.2, -0.15) is 0 Å². The van der Waals surface area contributed by atoms with Gasteiger partial charge in [0.05, 0.1) is 39.0 Å². The van der Waals surface area contributed by atoms with Gasteiger partial charge < -0.3 is 24.6 Å². The molecule has 0 aromatic carbocycles.